The summed E-state index contributed by atoms with van der Waals surface area (Å²) in [4.78, 5) is 16.4. The van der Waals surface area contributed by atoms with Gasteiger partial charge >= 0.3 is 0 Å². The molecule has 150 valence electrons. The number of fused-ring (bicyclic) bond motifs is 1. The fraction of sp³-hybridized carbons (Fsp3) is 0.333. The van der Waals surface area contributed by atoms with Crippen LogP contribution in [0.25, 0.3) is 11.4 Å². The summed E-state index contributed by atoms with van der Waals surface area (Å²) in [6, 6.07) is 9.41. The third-order valence-corrected chi connectivity index (χ3v) is 6.19. The second kappa shape index (κ2) is 9.41. The van der Waals surface area contributed by atoms with E-state index in [1.54, 1.807) is 30.2 Å². The molecule has 1 N–H and O–H groups in total. The van der Waals surface area contributed by atoms with Crippen molar-refractivity contribution in [2.24, 2.45) is 0 Å². The molecule has 1 aromatic carbocycles. The van der Waals surface area contributed by atoms with Gasteiger partial charge in [-0.05, 0) is 48.7 Å². The first kappa shape index (κ1) is 19.9. The molecule has 3 heterocycles. The molecule has 8 heteroatoms. The van der Waals surface area contributed by atoms with Crippen LogP contribution in [0.5, 0.6) is 0 Å². The Morgan fingerprint density at radius 3 is 2.86 bits per heavy atom. The van der Waals surface area contributed by atoms with E-state index in [4.69, 9.17) is 11.6 Å². The second-order valence-corrected chi connectivity index (χ2v) is 8.39. The van der Waals surface area contributed by atoms with Crippen LogP contribution in [0.3, 0.4) is 0 Å². The first-order chi connectivity index (χ1) is 14.2. The van der Waals surface area contributed by atoms with Crippen molar-refractivity contribution in [2.45, 2.75) is 38.0 Å². The van der Waals surface area contributed by atoms with E-state index in [-0.39, 0.29) is 5.91 Å². The third-order valence-electron chi connectivity index (χ3n) is 4.85. The minimum Gasteiger partial charge on any atom is -0.325 e. The molecular weight excluding hydrogens is 406 g/mol. The summed E-state index contributed by atoms with van der Waals surface area (Å²) >= 11 is 8.02. The van der Waals surface area contributed by atoms with Crippen LogP contribution in [0.2, 0.25) is 5.02 Å². The molecule has 0 unspecified atom stereocenters. The monoisotopic (exact) mass is 427 g/mol. The zero-order valence-electron chi connectivity index (χ0n) is 16.0. The molecule has 6 nitrogen and oxygen atoms in total. The molecule has 1 amide bonds. The molecule has 0 radical (unpaired) electrons. The summed E-state index contributed by atoms with van der Waals surface area (Å²) in [5.74, 6) is 2.89. The maximum Gasteiger partial charge on any atom is 0.234 e. The van der Waals surface area contributed by atoms with E-state index in [0.29, 0.717) is 16.5 Å². The van der Waals surface area contributed by atoms with Gasteiger partial charge in [0.1, 0.15) is 5.82 Å². The Hall–Kier alpha value is -2.38. The molecule has 1 aliphatic heterocycles. The van der Waals surface area contributed by atoms with Gasteiger partial charge in [0.05, 0.1) is 10.8 Å². The number of amides is 1. The lowest BCUT2D eigenvalue weighted by Crippen LogP contribution is -2.14. The maximum absolute atomic E-state index is 12.4. The number of halogens is 1. The largest absolute Gasteiger partial charge is 0.325 e. The van der Waals surface area contributed by atoms with Crippen LogP contribution in [-0.2, 0) is 23.5 Å². The molecule has 0 aliphatic carbocycles. The van der Waals surface area contributed by atoms with E-state index in [0.717, 1.165) is 54.3 Å². The summed E-state index contributed by atoms with van der Waals surface area (Å²) in [7, 11) is 0. The van der Waals surface area contributed by atoms with Crippen LogP contribution < -0.4 is 5.32 Å². The van der Waals surface area contributed by atoms with Crippen molar-refractivity contribution in [3.8, 4) is 11.4 Å². The predicted octanol–water partition coefficient (Wildman–Crippen LogP) is 4.59. The van der Waals surface area contributed by atoms with E-state index in [2.05, 4.69) is 25.1 Å². The van der Waals surface area contributed by atoms with Crippen LogP contribution in [-0.4, -0.2) is 31.4 Å². The van der Waals surface area contributed by atoms with Crippen molar-refractivity contribution in [1.82, 2.24) is 19.7 Å². The summed E-state index contributed by atoms with van der Waals surface area (Å²) in [5.41, 5.74) is 2.67. The van der Waals surface area contributed by atoms with Crippen LogP contribution >= 0.6 is 23.4 Å². The number of rotatable bonds is 6. The van der Waals surface area contributed by atoms with Gasteiger partial charge < -0.3 is 9.88 Å². The molecule has 0 atom stereocenters. The lowest BCUT2D eigenvalue weighted by Gasteiger charge is -2.11. The average Bonchev–Trinajstić information content (AvgIpc) is 2.98. The third kappa shape index (κ3) is 4.97. The van der Waals surface area contributed by atoms with E-state index < -0.39 is 0 Å². The number of nitrogens with zero attached hydrogens (tertiary/aromatic N) is 4. The summed E-state index contributed by atoms with van der Waals surface area (Å²) in [6.07, 6.45) is 7.91. The number of benzene rings is 1. The Balaban J connectivity index is 1.43. The fourth-order valence-electron chi connectivity index (χ4n) is 3.40. The first-order valence-electron chi connectivity index (χ1n) is 9.69. The van der Waals surface area contributed by atoms with E-state index in [1.165, 1.54) is 6.42 Å². The minimum atomic E-state index is -0.0441. The van der Waals surface area contributed by atoms with Crippen molar-refractivity contribution in [3.05, 3.63) is 59.1 Å². The number of carbonyl (C=O) groups excluding carboxylic acids is 1. The average molecular weight is 428 g/mol. The normalized spacial score (nSPS) is 13.6. The summed E-state index contributed by atoms with van der Waals surface area (Å²) in [5, 5.41) is 12.3. The molecule has 29 heavy (non-hydrogen) atoms. The fourth-order valence-corrected chi connectivity index (χ4v) is 4.39. The van der Waals surface area contributed by atoms with Crippen molar-refractivity contribution in [1.29, 1.82) is 0 Å². The number of anilines is 1. The lowest BCUT2D eigenvalue weighted by atomic mass is 10.1. The highest BCUT2D eigenvalue weighted by Crippen LogP contribution is 2.31. The number of nitrogens with one attached hydrogen (secondary N) is 1. The van der Waals surface area contributed by atoms with Gasteiger partial charge in [0.25, 0.3) is 0 Å². The zero-order chi connectivity index (χ0) is 20.1. The smallest absolute Gasteiger partial charge is 0.234 e. The number of aromatic nitrogens is 4. The molecule has 0 fully saturated rings. The zero-order valence-corrected chi connectivity index (χ0v) is 17.5. The van der Waals surface area contributed by atoms with Crippen molar-refractivity contribution < 1.29 is 4.79 Å². The molecule has 0 saturated heterocycles. The minimum absolute atomic E-state index is 0.0441. The number of carbonyl (C=O) groups is 1. The van der Waals surface area contributed by atoms with Crippen LogP contribution in [0.4, 0.5) is 5.69 Å². The molecule has 0 spiro atoms. The van der Waals surface area contributed by atoms with Crippen LogP contribution in [0.15, 0.2) is 42.7 Å². The van der Waals surface area contributed by atoms with Crippen molar-refractivity contribution >= 4 is 35.0 Å². The SMILES string of the molecule is O=C(CSCc1ccncc1)Nc1ccc(Cl)c(-c2nnc3n2CCCCC3)c1. The Bertz CT molecular complexity index is 992. The van der Waals surface area contributed by atoms with Gasteiger partial charge in [-0.25, -0.2) is 0 Å². The van der Waals surface area contributed by atoms with Crippen molar-refractivity contribution in [2.75, 3.05) is 11.1 Å². The highest BCUT2D eigenvalue weighted by molar-refractivity contribution is 7.99. The molecular formula is C21H22ClN5OS. The van der Waals surface area contributed by atoms with Gasteiger partial charge in [0.15, 0.2) is 5.82 Å². The molecule has 3 aromatic rings. The standard InChI is InChI=1S/C21H22ClN5OS/c22-18-6-5-16(24-20(28)14-29-13-15-7-9-23-10-8-15)12-17(18)21-26-25-19-4-2-1-3-11-27(19)21/h5-10,12H,1-4,11,13-14H2,(H,24,28). The number of thioether (sulfide) groups is 1. The van der Waals surface area contributed by atoms with Gasteiger partial charge in [-0.15, -0.1) is 22.0 Å². The molecule has 2 aromatic heterocycles. The van der Waals surface area contributed by atoms with Gasteiger partial charge in [0.2, 0.25) is 5.91 Å². The molecule has 0 bridgehead atoms. The van der Waals surface area contributed by atoms with Gasteiger partial charge in [0, 0.05) is 42.4 Å². The molecule has 4 rings (SSSR count). The topological polar surface area (TPSA) is 72.7 Å². The predicted molar refractivity (Wildman–Crippen MR) is 117 cm³/mol. The highest BCUT2D eigenvalue weighted by Gasteiger charge is 2.18. The first-order valence-corrected chi connectivity index (χ1v) is 11.2. The van der Waals surface area contributed by atoms with E-state index in [9.17, 15) is 4.79 Å². The number of pyridine rings is 1. The van der Waals surface area contributed by atoms with Gasteiger partial charge in [-0.1, -0.05) is 18.0 Å². The van der Waals surface area contributed by atoms with Crippen LogP contribution in [0.1, 0.15) is 30.7 Å². The number of hydrogen-bond acceptors (Lipinski definition) is 5. The Morgan fingerprint density at radius 1 is 1.14 bits per heavy atom. The maximum atomic E-state index is 12.4. The summed E-state index contributed by atoms with van der Waals surface area (Å²) in [6.45, 7) is 0.899. The van der Waals surface area contributed by atoms with Crippen molar-refractivity contribution in [3.63, 3.8) is 0 Å². The van der Waals surface area contributed by atoms with E-state index >= 15 is 0 Å². The number of aryl methyl sites for hydroxylation is 1. The van der Waals surface area contributed by atoms with Gasteiger partial charge in [-0.3, -0.25) is 9.78 Å². The lowest BCUT2D eigenvalue weighted by molar-refractivity contribution is -0.113. The quantitative estimate of drug-likeness (QED) is 0.622. The highest BCUT2D eigenvalue weighted by atomic mass is 35.5. The van der Waals surface area contributed by atoms with Crippen LogP contribution in [0, 0.1) is 0 Å². The Kier molecular flexibility index (Phi) is 6.46. The second-order valence-electron chi connectivity index (χ2n) is 6.99. The van der Waals surface area contributed by atoms with Gasteiger partial charge in [-0.2, -0.15) is 0 Å². The Labute approximate surface area is 179 Å². The molecule has 1 aliphatic rings. The molecule has 0 saturated carbocycles. The van der Waals surface area contributed by atoms with E-state index in [1.807, 2.05) is 24.3 Å². The Morgan fingerprint density at radius 2 is 2.00 bits per heavy atom. The summed E-state index contributed by atoms with van der Waals surface area (Å²) < 4.78 is 2.16. The number of hydrogen-bond donors (Lipinski definition) is 1.